The van der Waals surface area contributed by atoms with E-state index in [-0.39, 0.29) is 35.8 Å². The topological polar surface area (TPSA) is 67.9 Å². The molecule has 1 aliphatic heterocycles. The Morgan fingerprint density at radius 1 is 1.19 bits per heavy atom. The average Bonchev–Trinajstić information content (AvgIpc) is 2.79. The van der Waals surface area contributed by atoms with Crippen LogP contribution in [-0.2, 0) is 9.59 Å². The molecule has 3 rings (SSSR count). The van der Waals surface area contributed by atoms with Crippen molar-refractivity contribution in [3.8, 4) is 11.5 Å². The van der Waals surface area contributed by atoms with Crippen molar-refractivity contribution in [2.45, 2.75) is 26.4 Å². The predicted octanol–water partition coefficient (Wildman–Crippen LogP) is 4.58. The molecule has 1 fully saturated rings. The smallest absolute Gasteiger partial charge is 0.387 e. The van der Waals surface area contributed by atoms with Crippen LogP contribution in [0.4, 0.5) is 14.5 Å². The Kier molecular flexibility index (Phi) is 8.19. The van der Waals surface area contributed by atoms with Gasteiger partial charge in [-0.2, -0.15) is 8.78 Å². The van der Waals surface area contributed by atoms with E-state index in [1.54, 1.807) is 24.0 Å². The molecule has 2 aromatic rings. The number of halogens is 2. The van der Waals surface area contributed by atoms with Crippen LogP contribution in [0.2, 0.25) is 0 Å². The second-order valence-corrected chi connectivity index (χ2v) is 7.33. The van der Waals surface area contributed by atoms with E-state index in [0.717, 1.165) is 18.5 Å². The molecular formula is C24H26F2N2O4. The second kappa shape index (κ2) is 11.3. The first kappa shape index (κ1) is 23.2. The summed E-state index contributed by atoms with van der Waals surface area (Å²) in [5, 5.41) is 2.89. The molecule has 1 aliphatic rings. The van der Waals surface area contributed by atoms with Crippen LogP contribution in [0.15, 0.2) is 54.6 Å². The lowest BCUT2D eigenvalue weighted by Crippen LogP contribution is -2.43. The van der Waals surface area contributed by atoms with Gasteiger partial charge in [0.15, 0.2) is 11.5 Å². The molecule has 2 aromatic carbocycles. The predicted molar refractivity (Wildman–Crippen MR) is 118 cm³/mol. The van der Waals surface area contributed by atoms with Crippen molar-refractivity contribution in [1.82, 2.24) is 4.90 Å². The summed E-state index contributed by atoms with van der Waals surface area (Å²) in [4.78, 5) is 26.9. The molecule has 1 N–H and O–H groups in total. The number of nitrogens with zero attached hydrogens (tertiary/aromatic N) is 1. The molecule has 0 saturated carbocycles. The molecule has 1 heterocycles. The highest BCUT2D eigenvalue weighted by Crippen LogP contribution is 2.30. The van der Waals surface area contributed by atoms with E-state index < -0.39 is 6.61 Å². The zero-order valence-corrected chi connectivity index (χ0v) is 17.8. The number of hydrogen-bond acceptors (Lipinski definition) is 4. The number of nitrogens with one attached hydrogen (secondary N) is 1. The van der Waals surface area contributed by atoms with Gasteiger partial charge < -0.3 is 19.7 Å². The van der Waals surface area contributed by atoms with Gasteiger partial charge in [0.25, 0.3) is 0 Å². The van der Waals surface area contributed by atoms with Crippen molar-refractivity contribution < 1.29 is 27.8 Å². The van der Waals surface area contributed by atoms with Crippen molar-refractivity contribution in [2.24, 2.45) is 5.92 Å². The number of carbonyl (C=O) groups is 2. The van der Waals surface area contributed by atoms with Gasteiger partial charge in [-0.25, -0.2) is 0 Å². The number of rotatable bonds is 8. The first-order chi connectivity index (χ1) is 15.5. The zero-order chi connectivity index (χ0) is 22.9. The van der Waals surface area contributed by atoms with Crippen molar-refractivity contribution in [3.05, 3.63) is 60.2 Å². The van der Waals surface area contributed by atoms with Crippen molar-refractivity contribution in [1.29, 1.82) is 0 Å². The number of para-hydroxylation sites is 1. The Morgan fingerprint density at radius 2 is 1.97 bits per heavy atom. The zero-order valence-electron chi connectivity index (χ0n) is 17.8. The summed E-state index contributed by atoms with van der Waals surface area (Å²) in [7, 11) is 0. The number of alkyl halides is 2. The normalized spacial score (nSPS) is 16.2. The molecule has 1 atom stereocenters. The minimum atomic E-state index is -2.96. The van der Waals surface area contributed by atoms with Crippen LogP contribution >= 0.6 is 0 Å². The molecule has 0 bridgehead atoms. The Balaban J connectivity index is 1.62. The number of hydrogen-bond donors (Lipinski definition) is 1. The summed E-state index contributed by atoms with van der Waals surface area (Å²) >= 11 is 0. The van der Waals surface area contributed by atoms with E-state index in [1.165, 1.54) is 18.2 Å². The summed E-state index contributed by atoms with van der Waals surface area (Å²) in [6.45, 7) is -0.0230. The summed E-state index contributed by atoms with van der Waals surface area (Å²) in [5.74, 6) is -0.481. The molecule has 1 unspecified atom stereocenters. The van der Waals surface area contributed by atoms with Gasteiger partial charge in [0.05, 0.1) is 12.5 Å². The Labute approximate surface area is 185 Å². The summed E-state index contributed by atoms with van der Waals surface area (Å²) in [6.07, 6.45) is 4.46. The molecule has 32 heavy (non-hydrogen) atoms. The quantitative estimate of drug-likeness (QED) is 0.606. The molecule has 0 aliphatic carbocycles. The minimum absolute atomic E-state index is 0.0615. The van der Waals surface area contributed by atoms with Crippen LogP contribution in [-0.4, -0.2) is 43.0 Å². The number of benzene rings is 2. The van der Waals surface area contributed by atoms with Crippen molar-refractivity contribution in [3.63, 3.8) is 0 Å². The lowest BCUT2D eigenvalue weighted by Gasteiger charge is -2.31. The van der Waals surface area contributed by atoms with Crippen LogP contribution in [0, 0.1) is 5.92 Å². The fourth-order valence-electron chi connectivity index (χ4n) is 3.52. The van der Waals surface area contributed by atoms with Gasteiger partial charge in [-0.3, -0.25) is 9.59 Å². The maximum atomic E-state index is 12.7. The van der Waals surface area contributed by atoms with Crippen molar-refractivity contribution >= 4 is 23.6 Å². The number of anilines is 1. The minimum Gasteiger partial charge on any atom is -0.490 e. The third kappa shape index (κ3) is 6.54. The summed E-state index contributed by atoms with van der Waals surface area (Å²) in [5.41, 5.74) is 1.34. The van der Waals surface area contributed by atoms with Gasteiger partial charge >= 0.3 is 6.61 Å². The first-order valence-corrected chi connectivity index (χ1v) is 10.5. The molecule has 8 heteroatoms. The highest BCUT2D eigenvalue weighted by atomic mass is 19.3. The number of likely N-dealkylation sites (tertiary alicyclic amines) is 1. The Bertz CT molecular complexity index is 950. The van der Waals surface area contributed by atoms with E-state index in [0.29, 0.717) is 18.7 Å². The molecule has 0 spiro atoms. The van der Waals surface area contributed by atoms with Crippen LogP contribution < -0.4 is 14.8 Å². The van der Waals surface area contributed by atoms with Gasteiger partial charge in [-0.05, 0) is 55.7 Å². The maximum Gasteiger partial charge on any atom is 0.387 e. The highest BCUT2D eigenvalue weighted by molar-refractivity contribution is 5.95. The molecular weight excluding hydrogens is 418 g/mol. The Morgan fingerprint density at radius 3 is 2.69 bits per heavy atom. The SMILES string of the molecule is CCOc1cc(/C=C/C(=O)N2CCCC(C(=O)Nc3ccccc3)C2)ccc1OC(F)F. The number of ether oxygens (including phenoxy) is 2. The van der Waals surface area contributed by atoms with Crippen LogP contribution in [0.1, 0.15) is 25.3 Å². The molecule has 0 radical (unpaired) electrons. The van der Waals surface area contributed by atoms with E-state index in [2.05, 4.69) is 10.1 Å². The van der Waals surface area contributed by atoms with E-state index >= 15 is 0 Å². The molecule has 2 amide bonds. The van der Waals surface area contributed by atoms with Gasteiger partial charge in [-0.15, -0.1) is 0 Å². The largest absolute Gasteiger partial charge is 0.490 e. The molecule has 170 valence electrons. The van der Waals surface area contributed by atoms with Gasteiger partial charge in [-0.1, -0.05) is 24.3 Å². The molecule has 0 aromatic heterocycles. The van der Waals surface area contributed by atoms with E-state index in [4.69, 9.17) is 4.74 Å². The Hall–Kier alpha value is -3.42. The van der Waals surface area contributed by atoms with E-state index in [9.17, 15) is 18.4 Å². The average molecular weight is 444 g/mol. The van der Waals surface area contributed by atoms with E-state index in [1.807, 2.05) is 30.3 Å². The fourth-order valence-corrected chi connectivity index (χ4v) is 3.52. The van der Waals surface area contributed by atoms with Gasteiger partial charge in [0, 0.05) is 24.9 Å². The number of amides is 2. The van der Waals surface area contributed by atoms with Gasteiger partial charge in [0.1, 0.15) is 0 Å². The van der Waals surface area contributed by atoms with Crippen LogP contribution in [0.3, 0.4) is 0 Å². The molecule has 1 saturated heterocycles. The fraction of sp³-hybridized carbons (Fsp3) is 0.333. The summed E-state index contributed by atoms with van der Waals surface area (Å²) < 4.78 is 34.9. The van der Waals surface area contributed by atoms with Gasteiger partial charge in [0.2, 0.25) is 11.8 Å². The third-order valence-corrected chi connectivity index (χ3v) is 5.05. The third-order valence-electron chi connectivity index (χ3n) is 5.05. The first-order valence-electron chi connectivity index (χ1n) is 10.5. The molecule has 6 nitrogen and oxygen atoms in total. The second-order valence-electron chi connectivity index (χ2n) is 7.33. The number of carbonyl (C=O) groups excluding carboxylic acids is 2. The summed E-state index contributed by atoms with van der Waals surface area (Å²) in [6, 6.07) is 13.7. The van der Waals surface area contributed by atoms with Crippen LogP contribution in [0.25, 0.3) is 6.08 Å². The number of piperidine rings is 1. The monoisotopic (exact) mass is 444 g/mol. The lowest BCUT2D eigenvalue weighted by atomic mass is 9.97. The van der Waals surface area contributed by atoms with Crippen LogP contribution in [0.5, 0.6) is 11.5 Å². The lowest BCUT2D eigenvalue weighted by molar-refractivity contribution is -0.130. The standard InChI is InChI=1S/C24H26F2N2O4/c1-2-31-21-15-17(10-12-20(21)32-24(25)26)11-13-22(29)28-14-6-7-18(16-28)23(30)27-19-8-4-3-5-9-19/h3-5,8-13,15,18,24H,2,6-7,14,16H2,1H3,(H,27,30)/b13-11+. The van der Waals surface area contributed by atoms with Crippen molar-refractivity contribution in [2.75, 3.05) is 25.0 Å². The highest BCUT2D eigenvalue weighted by Gasteiger charge is 2.27. The maximum absolute atomic E-state index is 12.7.